The molecule has 0 unspecified atom stereocenters. The van der Waals surface area contributed by atoms with Crippen LogP contribution in [0.15, 0.2) is 72.3 Å². The van der Waals surface area contributed by atoms with Crippen molar-refractivity contribution in [3.63, 3.8) is 0 Å². The van der Waals surface area contributed by atoms with E-state index in [-0.39, 0.29) is 12.2 Å². The van der Waals surface area contributed by atoms with Gasteiger partial charge in [0.05, 0.1) is 22.7 Å². The van der Waals surface area contributed by atoms with Gasteiger partial charge in [0.15, 0.2) is 6.61 Å². The maximum absolute atomic E-state index is 12.5. The van der Waals surface area contributed by atoms with Crippen LogP contribution in [0.25, 0.3) is 6.08 Å². The van der Waals surface area contributed by atoms with Crippen LogP contribution in [0.5, 0.6) is 5.75 Å². The summed E-state index contributed by atoms with van der Waals surface area (Å²) in [6.45, 7) is -0.277. The monoisotopic (exact) mass is 523 g/mol. The minimum Gasteiger partial charge on any atom is -0.484 e. The number of anilines is 2. The van der Waals surface area contributed by atoms with Crippen LogP contribution in [0.3, 0.4) is 0 Å². The van der Waals surface area contributed by atoms with Crippen LogP contribution in [0.2, 0.25) is 10.0 Å². The van der Waals surface area contributed by atoms with E-state index in [1.54, 1.807) is 36.4 Å². The summed E-state index contributed by atoms with van der Waals surface area (Å²) < 4.78 is 10.2. The van der Waals surface area contributed by atoms with Crippen molar-refractivity contribution in [2.75, 3.05) is 24.4 Å². The van der Waals surface area contributed by atoms with Gasteiger partial charge in [0.2, 0.25) is 0 Å². The molecule has 2 amide bonds. The summed E-state index contributed by atoms with van der Waals surface area (Å²) in [6, 6.07) is 19.2. The molecule has 0 aromatic heterocycles. The van der Waals surface area contributed by atoms with Gasteiger partial charge in [-0.25, -0.2) is 4.79 Å². The third kappa shape index (κ3) is 7.34. The summed E-state index contributed by atoms with van der Waals surface area (Å²) in [4.78, 5) is 36.2. The largest absolute Gasteiger partial charge is 0.484 e. The van der Waals surface area contributed by atoms with Crippen molar-refractivity contribution in [2.45, 2.75) is 0 Å². The Morgan fingerprint density at radius 1 is 0.944 bits per heavy atom. The Kier molecular flexibility index (Phi) is 9.06. The number of amides is 2. The van der Waals surface area contributed by atoms with Crippen LogP contribution in [0, 0.1) is 11.3 Å². The maximum Gasteiger partial charge on any atom is 0.337 e. The molecule has 0 fully saturated rings. The number of nitriles is 1. The Morgan fingerprint density at radius 2 is 1.67 bits per heavy atom. The van der Waals surface area contributed by atoms with Gasteiger partial charge in [-0.15, -0.1) is 0 Å². The SMILES string of the molecule is COC(=O)c1ccc(NC(=O)/C(C#N)=C\c2cccc(OCC(=O)Nc3ccc(Cl)c(Cl)c3)c2)cc1. The highest BCUT2D eigenvalue weighted by Gasteiger charge is 2.12. The standard InChI is InChI=1S/C26H19Cl2N3O5/c1-35-26(34)17-5-7-19(8-6-17)31-25(33)18(14-29)11-16-3-2-4-21(12-16)36-15-24(32)30-20-9-10-22(27)23(28)13-20/h2-13H,15H2,1H3,(H,30,32)(H,31,33)/b18-11-. The third-order valence-electron chi connectivity index (χ3n) is 4.67. The highest BCUT2D eigenvalue weighted by atomic mass is 35.5. The van der Waals surface area contributed by atoms with Crippen molar-refractivity contribution in [3.8, 4) is 11.8 Å². The van der Waals surface area contributed by atoms with E-state index < -0.39 is 17.8 Å². The molecule has 3 aromatic rings. The first-order chi connectivity index (χ1) is 17.3. The molecule has 0 saturated heterocycles. The summed E-state index contributed by atoms with van der Waals surface area (Å²) >= 11 is 11.8. The highest BCUT2D eigenvalue weighted by molar-refractivity contribution is 6.42. The zero-order chi connectivity index (χ0) is 26.1. The lowest BCUT2D eigenvalue weighted by atomic mass is 10.1. The van der Waals surface area contributed by atoms with Crippen molar-refractivity contribution in [1.82, 2.24) is 0 Å². The Morgan fingerprint density at radius 3 is 2.33 bits per heavy atom. The molecule has 3 rings (SSSR count). The van der Waals surface area contributed by atoms with Gasteiger partial charge in [0, 0.05) is 11.4 Å². The normalized spacial score (nSPS) is 10.7. The second kappa shape index (κ2) is 12.4. The summed E-state index contributed by atoms with van der Waals surface area (Å²) in [5.41, 5.74) is 1.57. The second-order valence-electron chi connectivity index (χ2n) is 7.23. The van der Waals surface area contributed by atoms with E-state index in [2.05, 4.69) is 15.4 Å². The molecule has 182 valence electrons. The number of carbonyl (C=O) groups is 3. The smallest absolute Gasteiger partial charge is 0.337 e. The van der Waals surface area contributed by atoms with Crippen molar-refractivity contribution in [3.05, 3.63) is 93.5 Å². The van der Waals surface area contributed by atoms with Crippen LogP contribution in [0.1, 0.15) is 15.9 Å². The second-order valence-corrected chi connectivity index (χ2v) is 8.05. The molecule has 0 saturated carbocycles. The third-order valence-corrected chi connectivity index (χ3v) is 5.41. The van der Waals surface area contributed by atoms with E-state index in [0.29, 0.717) is 38.3 Å². The van der Waals surface area contributed by atoms with Gasteiger partial charge in [-0.05, 0) is 66.2 Å². The summed E-state index contributed by atoms with van der Waals surface area (Å²) in [5.74, 6) is -1.18. The van der Waals surface area contributed by atoms with Crippen molar-refractivity contribution in [1.29, 1.82) is 5.26 Å². The Labute approximate surface area is 217 Å². The average Bonchev–Trinajstić information content (AvgIpc) is 2.88. The highest BCUT2D eigenvalue weighted by Crippen LogP contribution is 2.25. The van der Waals surface area contributed by atoms with Gasteiger partial charge in [-0.3, -0.25) is 9.59 Å². The van der Waals surface area contributed by atoms with Crippen LogP contribution in [-0.4, -0.2) is 31.5 Å². The Hall–Kier alpha value is -4.32. The fraction of sp³-hybridized carbons (Fsp3) is 0.0769. The zero-order valence-electron chi connectivity index (χ0n) is 18.9. The number of esters is 1. The first-order valence-corrected chi connectivity index (χ1v) is 11.1. The summed E-state index contributed by atoms with van der Waals surface area (Å²) in [6.07, 6.45) is 1.39. The van der Waals surface area contributed by atoms with Gasteiger partial charge in [-0.1, -0.05) is 35.3 Å². The molecule has 0 aliphatic carbocycles. The molecule has 0 radical (unpaired) electrons. The fourth-order valence-electron chi connectivity index (χ4n) is 2.94. The molecule has 0 atom stereocenters. The molecule has 2 N–H and O–H groups in total. The summed E-state index contributed by atoms with van der Waals surface area (Å²) in [7, 11) is 1.27. The number of methoxy groups -OCH3 is 1. The molecular weight excluding hydrogens is 505 g/mol. The number of hydrogen-bond donors (Lipinski definition) is 2. The van der Waals surface area contributed by atoms with Crippen LogP contribution in [0.4, 0.5) is 11.4 Å². The molecule has 0 bridgehead atoms. The number of hydrogen-bond acceptors (Lipinski definition) is 6. The topological polar surface area (TPSA) is 118 Å². The molecule has 10 heteroatoms. The number of nitrogens with one attached hydrogen (secondary N) is 2. The number of carbonyl (C=O) groups excluding carboxylic acids is 3. The van der Waals surface area contributed by atoms with Crippen LogP contribution >= 0.6 is 23.2 Å². The first-order valence-electron chi connectivity index (χ1n) is 10.4. The lowest BCUT2D eigenvalue weighted by Gasteiger charge is -2.09. The minimum atomic E-state index is -0.629. The molecule has 0 heterocycles. The van der Waals surface area contributed by atoms with E-state index in [4.69, 9.17) is 27.9 Å². The predicted molar refractivity (Wildman–Crippen MR) is 137 cm³/mol. The minimum absolute atomic E-state index is 0.151. The molecule has 0 aliphatic heterocycles. The van der Waals surface area contributed by atoms with Crippen LogP contribution in [-0.2, 0) is 14.3 Å². The van der Waals surface area contributed by atoms with E-state index in [1.165, 1.54) is 43.5 Å². The van der Waals surface area contributed by atoms with E-state index in [0.717, 1.165) is 0 Å². The Balaban J connectivity index is 1.62. The molecular formula is C26H19Cl2N3O5. The molecule has 0 aliphatic rings. The van der Waals surface area contributed by atoms with E-state index in [1.807, 2.05) is 6.07 Å². The van der Waals surface area contributed by atoms with Gasteiger partial charge >= 0.3 is 5.97 Å². The lowest BCUT2D eigenvalue weighted by Crippen LogP contribution is -2.20. The molecule has 8 nitrogen and oxygen atoms in total. The maximum atomic E-state index is 12.5. The van der Waals surface area contributed by atoms with Crippen molar-refractivity contribution >= 4 is 58.4 Å². The lowest BCUT2D eigenvalue weighted by molar-refractivity contribution is -0.118. The molecule has 36 heavy (non-hydrogen) atoms. The predicted octanol–water partition coefficient (Wildman–Crippen LogP) is 5.34. The first kappa shape index (κ1) is 26.3. The molecule has 3 aromatic carbocycles. The van der Waals surface area contributed by atoms with Gasteiger partial charge in [0.25, 0.3) is 11.8 Å². The van der Waals surface area contributed by atoms with Crippen LogP contribution < -0.4 is 15.4 Å². The van der Waals surface area contributed by atoms with Crippen molar-refractivity contribution < 1.29 is 23.9 Å². The van der Waals surface area contributed by atoms with E-state index in [9.17, 15) is 19.6 Å². The quantitative estimate of drug-likeness (QED) is 0.233. The average molecular weight is 524 g/mol. The molecule has 0 spiro atoms. The zero-order valence-corrected chi connectivity index (χ0v) is 20.4. The van der Waals surface area contributed by atoms with E-state index >= 15 is 0 Å². The fourth-order valence-corrected chi connectivity index (χ4v) is 3.23. The Bertz CT molecular complexity index is 1360. The number of benzene rings is 3. The van der Waals surface area contributed by atoms with Gasteiger partial charge in [0.1, 0.15) is 17.4 Å². The number of halogens is 2. The van der Waals surface area contributed by atoms with Gasteiger partial charge in [-0.2, -0.15) is 5.26 Å². The number of ether oxygens (including phenoxy) is 2. The summed E-state index contributed by atoms with van der Waals surface area (Å²) in [5, 5.41) is 15.4. The number of rotatable bonds is 8. The number of nitrogens with zero attached hydrogens (tertiary/aromatic N) is 1. The van der Waals surface area contributed by atoms with Crippen molar-refractivity contribution in [2.24, 2.45) is 0 Å². The van der Waals surface area contributed by atoms with Gasteiger partial charge < -0.3 is 20.1 Å².